The van der Waals surface area contributed by atoms with Crippen LogP contribution in [0.15, 0.2) is 40.8 Å². The summed E-state index contributed by atoms with van der Waals surface area (Å²) in [6.07, 6.45) is 2.29. The van der Waals surface area contributed by atoms with Crippen LogP contribution in [0.1, 0.15) is 36.7 Å². The van der Waals surface area contributed by atoms with E-state index in [9.17, 15) is 5.11 Å². The molecule has 5 nitrogen and oxygen atoms in total. The Morgan fingerprint density at radius 3 is 2.83 bits per heavy atom. The lowest BCUT2D eigenvalue weighted by Gasteiger charge is -2.38. The lowest BCUT2D eigenvalue weighted by Crippen LogP contribution is -2.42. The van der Waals surface area contributed by atoms with E-state index in [4.69, 9.17) is 9.15 Å². The van der Waals surface area contributed by atoms with Crippen LogP contribution in [0, 0.1) is 0 Å². The second kappa shape index (κ2) is 5.67. The Hall–Kier alpha value is -2.27. The number of allylic oxidation sites excluding steroid dienone is 1. The van der Waals surface area contributed by atoms with Crippen molar-refractivity contribution in [1.29, 1.82) is 0 Å². The van der Waals surface area contributed by atoms with Crippen LogP contribution in [0.2, 0.25) is 0 Å². The van der Waals surface area contributed by atoms with Crippen LogP contribution in [0.5, 0.6) is 5.88 Å². The highest BCUT2D eigenvalue weighted by Gasteiger charge is 2.43. The predicted molar refractivity (Wildman–Crippen MR) is 91.0 cm³/mol. The first-order valence-corrected chi connectivity index (χ1v) is 8.38. The number of piperidine rings is 1. The van der Waals surface area contributed by atoms with Gasteiger partial charge in [0.25, 0.3) is 5.88 Å². The highest BCUT2D eigenvalue weighted by molar-refractivity contribution is 5.39. The third-order valence-corrected chi connectivity index (χ3v) is 4.98. The average Bonchev–Trinajstić information content (AvgIpc) is 3.11. The fraction of sp³-hybridized carbons (Fsp3) is 0.421. The summed E-state index contributed by atoms with van der Waals surface area (Å²) in [5, 5.41) is 9.95. The molecule has 2 aliphatic rings. The van der Waals surface area contributed by atoms with Gasteiger partial charge in [0.15, 0.2) is 5.76 Å². The fourth-order valence-corrected chi connectivity index (χ4v) is 3.71. The third kappa shape index (κ3) is 2.49. The first-order valence-electron chi connectivity index (χ1n) is 8.38. The molecule has 1 aromatic carbocycles. The Bertz CT molecular complexity index is 773. The van der Waals surface area contributed by atoms with E-state index in [0.717, 1.165) is 31.5 Å². The normalized spacial score (nSPS) is 18.8. The highest BCUT2D eigenvalue weighted by atomic mass is 16.5. The van der Waals surface area contributed by atoms with Gasteiger partial charge in [0.2, 0.25) is 0 Å². The van der Waals surface area contributed by atoms with Crippen LogP contribution >= 0.6 is 0 Å². The van der Waals surface area contributed by atoms with Gasteiger partial charge >= 0.3 is 6.01 Å². The first-order chi connectivity index (χ1) is 11.6. The fourth-order valence-electron chi connectivity index (χ4n) is 3.71. The predicted octanol–water partition coefficient (Wildman–Crippen LogP) is 3.52. The number of anilines is 1. The zero-order chi connectivity index (χ0) is 16.7. The Balaban J connectivity index is 1.50. The summed E-state index contributed by atoms with van der Waals surface area (Å²) in [6, 6.07) is 8.96. The largest absolute Gasteiger partial charge is 0.491 e. The van der Waals surface area contributed by atoms with Crippen molar-refractivity contribution in [2.75, 3.05) is 18.0 Å². The summed E-state index contributed by atoms with van der Waals surface area (Å²) in [5.74, 6) is 0.455. The van der Waals surface area contributed by atoms with E-state index in [1.165, 1.54) is 11.1 Å². The van der Waals surface area contributed by atoms with Gasteiger partial charge in [0, 0.05) is 19.5 Å². The van der Waals surface area contributed by atoms with Crippen LogP contribution < -0.4 is 4.90 Å². The minimum Gasteiger partial charge on any atom is -0.491 e. The number of aromatic hydroxyl groups is 1. The molecular weight excluding hydrogens is 304 g/mol. The number of rotatable bonds is 3. The first kappa shape index (κ1) is 15.3. The van der Waals surface area contributed by atoms with E-state index in [1.54, 1.807) is 0 Å². The van der Waals surface area contributed by atoms with Gasteiger partial charge in [-0.25, -0.2) is 0 Å². The molecule has 4 rings (SSSR count). The number of oxazole rings is 1. The van der Waals surface area contributed by atoms with Crippen molar-refractivity contribution in [3.8, 4) is 5.88 Å². The molecule has 0 saturated carbocycles. The average molecular weight is 326 g/mol. The van der Waals surface area contributed by atoms with Crippen LogP contribution in [-0.2, 0) is 23.4 Å². The minimum atomic E-state index is -0.178. The molecule has 0 radical (unpaired) electrons. The molecule has 0 amide bonds. The molecule has 24 heavy (non-hydrogen) atoms. The second-order valence-electron chi connectivity index (χ2n) is 6.80. The lowest BCUT2D eigenvalue weighted by atomic mass is 9.84. The molecule has 0 unspecified atom stereocenters. The van der Waals surface area contributed by atoms with Crippen molar-refractivity contribution < 1.29 is 14.3 Å². The summed E-state index contributed by atoms with van der Waals surface area (Å²) < 4.78 is 11.9. The molecule has 3 heterocycles. The second-order valence-corrected chi connectivity index (χ2v) is 6.80. The molecule has 0 bridgehead atoms. The Morgan fingerprint density at radius 1 is 1.33 bits per heavy atom. The monoisotopic (exact) mass is 326 g/mol. The van der Waals surface area contributed by atoms with E-state index in [1.807, 2.05) is 6.92 Å². The molecule has 2 aliphatic heterocycles. The highest BCUT2D eigenvalue weighted by Crippen LogP contribution is 2.44. The number of fused-ring (bicyclic) bond motifs is 2. The topological polar surface area (TPSA) is 58.7 Å². The maximum Gasteiger partial charge on any atom is 0.300 e. The zero-order valence-corrected chi connectivity index (χ0v) is 13.9. The molecule has 0 aliphatic carbocycles. The molecule has 1 fully saturated rings. The van der Waals surface area contributed by atoms with E-state index in [2.05, 4.69) is 40.7 Å². The zero-order valence-electron chi connectivity index (χ0n) is 13.9. The maximum absolute atomic E-state index is 9.95. The molecule has 126 valence electrons. The van der Waals surface area contributed by atoms with Crippen LogP contribution in [0.4, 0.5) is 6.01 Å². The van der Waals surface area contributed by atoms with E-state index in [0.29, 0.717) is 24.8 Å². The Kier molecular flexibility index (Phi) is 3.61. The van der Waals surface area contributed by atoms with Gasteiger partial charge < -0.3 is 19.2 Å². The van der Waals surface area contributed by atoms with E-state index < -0.39 is 0 Å². The maximum atomic E-state index is 9.95. The van der Waals surface area contributed by atoms with Gasteiger partial charge in [0.1, 0.15) is 0 Å². The minimum absolute atomic E-state index is 0.0317. The number of benzene rings is 1. The van der Waals surface area contributed by atoms with E-state index >= 15 is 0 Å². The van der Waals surface area contributed by atoms with Crippen molar-refractivity contribution in [1.82, 2.24) is 4.98 Å². The standard InChI is InChI=1S/C19H22N2O3/c1-13(2)11-16-17(22)20-18(24-16)21-9-7-19(8-10-21)15-6-4-3-5-14(15)12-23-19/h3-6,22H,1,7-12H2,2H3. The van der Waals surface area contributed by atoms with Crippen molar-refractivity contribution in [3.63, 3.8) is 0 Å². The third-order valence-electron chi connectivity index (χ3n) is 4.98. The smallest absolute Gasteiger partial charge is 0.300 e. The van der Waals surface area contributed by atoms with Crippen molar-refractivity contribution in [2.45, 2.75) is 38.4 Å². The summed E-state index contributed by atoms with van der Waals surface area (Å²) in [6.45, 7) is 8.04. The Morgan fingerprint density at radius 2 is 2.08 bits per heavy atom. The van der Waals surface area contributed by atoms with Gasteiger partial charge in [-0.2, -0.15) is 4.98 Å². The van der Waals surface area contributed by atoms with Crippen LogP contribution in [-0.4, -0.2) is 23.2 Å². The number of aromatic nitrogens is 1. The summed E-state index contributed by atoms with van der Waals surface area (Å²) in [7, 11) is 0. The summed E-state index contributed by atoms with van der Waals surface area (Å²) in [4.78, 5) is 6.26. The molecule has 5 heteroatoms. The van der Waals surface area contributed by atoms with Gasteiger partial charge in [-0.05, 0) is 30.9 Å². The van der Waals surface area contributed by atoms with Crippen LogP contribution in [0.3, 0.4) is 0 Å². The molecular formula is C19H22N2O3. The molecule has 1 spiro atoms. The lowest BCUT2D eigenvalue weighted by molar-refractivity contribution is -0.0555. The SMILES string of the molecule is C=C(C)Cc1oc(N2CCC3(CC2)OCc2ccccc23)nc1O. The van der Waals surface area contributed by atoms with Gasteiger partial charge in [-0.3, -0.25) is 0 Å². The quantitative estimate of drug-likeness (QED) is 0.875. The van der Waals surface area contributed by atoms with Crippen molar-refractivity contribution in [2.24, 2.45) is 0 Å². The van der Waals surface area contributed by atoms with Crippen molar-refractivity contribution >= 4 is 6.01 Å². The molecule has 1 saturated heterocycles. The molecule has 2 aromatic rings. The number of hydrogen-bond acceptors (Lipinski definition) is 5. The molecule has 1 N–H and O–H groups in total. The van der Waals surface area contributed by atoms with Gasteiger partial charge in [-0.1, -0.05) is 36.4 Å². The van der Waals surface area contributed by atoms with Crippen LogP contribution in [0.25, 0.3) is 0 Å². The molecule has 1 aromatic heterocycles. The Labute approximate surface area is 141 Å². The molecule has 0 atom stereocenters. The van der Waals surface area contributed by atoms with Gasteiger partial charge in [0.05, 0.1) is 12.2 Å². The summed E-state index contributed by atoms with van der Waals surface area (Å²) >= 11 is 0. The number of ether oxygens (including phenoxy) is 1. The number of nitrogens with zero attached hydrogens (tertiary/aromatic N) is 2. The van der Waals surface area contributed by atoms with Crippen molar-refractivity contribution in [3.05, 3.63) is 53.3 Å². The van der Waals surface area contributed by atoms with Gasteiger partial charge in [-0.15, -0.1) is 0 Å². The van der Waals surface area contributed by atoms with E-state index in [-0.39, 0.29) is 11.5 Å². The summed E-state index contributed by atoms with van der Waals surface area (Å²) in [5.41, 5.74) is 3.37. The number of hydrogen-bond donors (Lipinski definition) is 1.